The topological polar surface area (TPSA) is 66.5 Å². The summed E-state index contributed by atoms with van der Waals surface area (Å²) in [5.41, 5.74) is -0.636. The lowest BCUT2D eigenvalue weighted by molar-refractivity contribution is -0.141. The predicted molar refractivity (Wildman–Crippen MR) is 71.8 cm³/mol. The first-order valence-electron chi connectivity index (χ1n) is 6.60. The number of unbranched alkanes of at least 4 members (excludes halogenated alkanes) is 1. The number of aromatic amines is 1. The smallest absolute Gasteiger partial charge is 0.354 e. The number of H-pyrrole nitrogens is 1. The van der Waals surface area contributed by atoms with Crippen LogP contribution in [-0.4, -0.2) is 26.5 Å². The molecule has 8 heteroatoms. The summed E-state index contributed by atoms with van der Waals surface area (Å²) in [4.78, 5) is 14.5. The summed E-state index contributed by atoms with van der Waals surface area (Å²) in [5, 5.41) is 2.83. The van der Waals surface area contributed by atoms with Crippen molar-refractivity contribution in [3.63, 3.8) is 0 Å². The molecule has 0 radical (unpaired) electrons. The van der Waals surface area contributed by atoms with Crippen LogP contribution in [0, 0.1) is 6.92 Å². The summed E-state index contributed by atoms with van der Waals surface area (Å²) in [6, 6.07) is 0.933. The first-order chi connectivity index (χ1) is 9.95. The van der Waals surface area contributed by atoms with Crippen molar-refractivity contribution in [1.82, 2.24) is 19.9 Å². The number of nitrogens with one attached hydrogen (secondary N) is 2. The molecule has 0 spiro atoms. The molecule has 0 atom stereocenters. The number of nitrogens with zero attached hydrogens (tertiary/aromatic N) is 3. The zero-order valence-corrected chi connectivity index (χ0v) is 11.5. The Kier molecular flexibility index (Phi) is 4.77. The fourth-order valence-electron chi connectivity index (χ4n) is 1.85. The quantitative estimate of drug-likeness (QED) is 0.805. The highest BCUT2D eigenvalue weighted by Crippen LogP contribution is 2.28. The Morgan fingerprint density at radius 3 is 2.71 bits per heavy atom. The van der Waals surface area contributed by atoms with Gasteiger partial charge in [-0.15, -0.1) is 0 Å². The zero-order valence-electron chi connectivity index (χ0n) is 11.5. The van der Waals surface area contributed by atoms with Gasteiger partial charge in [-0.25, -0.2) is 15.0 Å². The Morgan fingerprint density at radius 2 is 2.05 bits per heavy atom. The van der Waals surface area contributed by atoms with Crippen LogP contribution in [-0.2, 0) is 12.6 Å². The van der Waals surface area contributed by atoms with Gasteiger partial charge >= 0.3 is 6.18 Å². The minimum atomic E-state index is -4.45. The molecule has 0 bridgehead atoms. The van der Waals surface area contributed by atoms with Crippen molar-refractivity contribution in [3.05, 3.63) is 35.7 Å². The number of aryl methyl sites for hydroxylation is 2. The summed E-state index contributed by atoms with van der Waals surface area (Å²) in [6.45, 7) is 2.03. The minimum Gasteiger partial charge on any atom is -0.354 e. The number of aromatic nitrogens is 4. The second-order valence-electron chi connectivity index (χ2n) is 4.64. The molecular weight excluding hydrogens is 283 g/mol. The van der Waals surface area contributed by atoms with E-state index in [9.17, 15) is 13.2 Å². The Morgan fingerprint density at radius 1 is 1.24 bits per heavy atom. The average Bonchev–Trinajstić information content (AvgIpc) is 2.90. The first-order valence-corrected chi connectivity index (χ1v) is 6.60. The monoisotopic (exact) mass is 299 g/mol. The summed E-state index contributed by atoms with van der Waals surface area (Å²) in [6.07, 6.45) is 1.46. The molecule has 5 nitrogen and oxygen atoms in total. The lowest BCUT2D eigenvalue weighted by atomic mass is 10.2. The van der Waals surface area contributed by atoms with Crippen LogP contribution >= 0.6 is 0 Å². The summed E-state index contributed by atoms with van der Waals surface area (Å²) < 4.78 is 37.9. The van der Waals surface area contributed by atoms with Crippen LogP contribution in [0.25, 0.3) is 0 Å². The van der Waals surface area contributed by atoms with E-state index in [2.05, 4.69) is 25.3 Å². The van der Waals surface area contributed by atoms with E-state index in [1.54, 1.807) is 12.4 Å². The van der Waals surface area contributed by atoms with E-state index >= 15 is 0 Å². The van der Waals surface area contributed by atoms with Crippen molar-refractivity contribution in [1.29, 1.82) is 0 Å². The molecule has 2 aromatic rings. The van der Waals surface area contributed by atoms with E-state index in [1.807, 2.05) is 0 Å². The van der Waals surface area contributed by atoms with Crippen molar-refractivity contribution < 1.29 is 13.2 Å². The molecule has 2 N–H and O–H groups in total. The van der Waals surface area contributed by atoms with E-state index in [0.29, 0.717) is 6.54 Å². The second-order valence-corrected chi connectivity index (χ2v) is 4.64. The third-order valence-electron chi connectivity index (χ3n) is 2.82. The van der Waals surface area contributed by atoms with Gasteiger partial charge in [0.2, 0.25) is 5.95 Å². The molecule has 0 aliphatic carbocycles. The van der Waals surface area contributed by atoms with Crippen LogP contribution in [0.15, 0.2) is 18.5 Å². The van der Waals surface area contributed by atoms with Crippen LogP contribution < -0.4 is 5.32 Å². The van der Waals surface area contributed by atoms with Gasteiger partial charge in [-0.1, -0.05) is 0 Å². The van der Waals surface area contributed by atoms with Crippen molar-refractivity contribution >= 4 is 5.95 Å². The fourth-order valence-corrected chi connectivity index (χ4v) is 1.85. The molecule has 0 fully saturated rings. The minimum absolute atomic E-state index is 0.0142. The molecule has 0 saturated carbocycles. The molecule has 0 aliphatic rings. The van der Waals surface area contributed by atoms with E-state index in [-0.39, 0.29) is 11.6 Å². The predicted octanol–water partition coefficient (Wildman–Crippen LogP) is 2.96. The Balaban J connectivity index is 1.81. The maximum Gasteiger partial charge on any atom is 0.433 e. The first kappa shape index (κ1) is 15.3. The molecule has 2 heterocycles. The van der Waals surface area contributed by atoms with Gasteiger partial charge in [0.05, 0.1) is 0 Å². The van der Waals surface area contributed by atoms with E-state index in [0.717, 1.165) is 31.2 Å². The van der Waals surface area contributed by atoms with Gasteiger partial charge in [0.1, 0.15) is 11.5 Å². The number of rotatable bonds is 6. The molecule has 2 aromatic heterocycles. The lowest BCUT2D eigenvalue weighted by Crippen LogP contribution is -2.13. The van der Waals surface area contributed by atoms with Crippen LogP contribution in [0.3, 0.4) is 0 Å². The van der Waals surface area contributed by atoms with Gasteiger partial charge in [-0.3, -0.25) is 0 Å². The normalized spacial score (nSPS) is 11.6. The van der Waals surface area contributed by atoms with Crippen molar-refractivity contribution in [3.8, 4) is 0 Å². The number of alkyl halides is 3. The van der Waals surface area contributed by atoms with Gasteiger partial charge in [0.25, 0.3) is 0 Å². The zero-order chi connectivity index (χ0) is 15.3. The fraction of sp³-hybridized carbons (Fsp3) is 0.462. The third-order valence-corrected chi connectivity index (χ3v) is 2.82. The molecule has 0 amide bonds. The maximum atomic E-state index is 12.6. The Hall–Kier alpha value is -2.12. The molecule has 0 aromatic carbocycles. The van der Waals surface area contributed by atoms with E-state index < -0.39 is 11.9 Å². The third kappa shape index (κ3) is 4.73. The van der Waals surface area contributed by atoms with E-state index in [1.165, 1.54) is 6.92 Å². The molecular formula is C13H16F3N5. The molecule has 21 heavy (non-hydrogen) atoms. The molecule has 0 saturated heterocycles. The highest BCUT2D eigenvalue weighted by atomic mass is 19.4. The summed E-state index contributed by atoms with van der Waals surface area (Å²) in [7, 11) is 0. The molecule has 0 aliphatic heterocycles. The summed E-state index contributed by atoms with van der Waals surface area (Å²) >= 11 is 0. The Bertz CT molecular complexity index is 566. The second kappa shape index (κ2) is 6.55. The highest BCUT2D eigenvalue weighted by Gasteiger charge is 2.33. The number of anilines is 1. The van der Waals surface area contributed by atoms with Crippen LogP contribution in [0.1, 0.15) is 30.1 Å². The van der Waals surface area contributed by atoms with Crippen LogP contribution in [0.5, 0.6) is 0 Å². The van der Waals surface area contributed by atoms with Gasteiger partial charge in [-0.2, -0.15) is 13.2 Å². The highest BCUT2D eigenvalue weighted by molar-refractivity contribution is 5.28. The lowest BCUT2D eigenvalue weighted by Gasteiger charge is -2.10. The SMILES string of the molecule is Cc1cc(C(F)(F)F)nc(NCCCCc2ncc[nH]2)n1. The van der Waals surface area contributed by atoms with Crippen molar-refractivity contribution in [2.45, 2.75) is 32.4 Å². The molecule has 114 valence electrons. The van der Waals surface area contributed by atoms with Gasteiger partial charge in [0.15, 0.2) is 0 Å². The van der Waals surface area contributed by atoms with Gasteiger partial charge < -0.3 is 10.3 Å². The van der Waals surface area contributed by atoms with Crippen LogP contribution in [0.2, 0.25) is 0 Å². The molecule has 0 unspecified atom stereocenters. The number of hydrogen-bond donors (Lipinski definition) is 2. The number of halogens is 3. The molecule has 2 rings (SSSR count). The average molecular weight is 299 g/mol. The van der Waals surface area contributed by atoms with Crippen LogP contribution in [0.4, 0.5) is 19.1 Å². The number of hydrogen-bond acceptors (Lipinski definition) is 4. The largest absolute Gasteiger partial charge is 0.433 e. The Labute approximate surface area is 120 Å². The number of imidazole rings is 1. The van der Waals surface area contributed by atoms with Gasteiger partial charge in [-0.05, 0) is 25.8 Å². The maximum absolute atomic E-state index is 12.6. The standard InChI is InChI=1S/C13H16F3N5/c1-9-8-10(13(14,15)16)21-12(20-9)19-5-3-2-4-11-17-6-7-18-11/h6-8H,2-5H2,1H3,(H,17,18)(H,19,20,21). The van der Waals surface area contributed by atoms with E-state index in [4.69, 9.17) is 0 Å². The van der Waals surface area contributed by atoms with Crippen molar-refractivity contribution in [2.75, 3.05) is 11.9 Å². The van der Waals surface area contributed by atoms with Crippen molar-refractivity contribution in [2.24, 2.45) is 0 Å². The summed E-state index contributed by atoms with van der Waals surface area (Å²) in [5.74, 6) is 0.918. The van der Waals surface area contributed by atoms with Gasteiger partial charge in [0, 0.05) is 31.1 Å².